The minimum atomic E-state index is 0.272. The maximum Gasteiger partial charge on any atom is 0.166 e. The molecule has 1 aliphatic rings. The highest BCUT2D eigenvalue weighted by Crippen LogP contribution is 2.16. The Morgan fingerprint density at radius 1 is 1.24 bits per heavy atom. The molecule has 0 aliphatic heterocycles. The average molecular weight is 258 g/mol. The fourth-order valence-corrected chi connectivity index (χ4v) is 2.71. The summed E-state index contributed by atoms with van der Waals surface area (Å²) >= 11 is 5.33. The van der Waals surface area contributed by atoms with Crippen molar-refractivity contribution in [2.45, 2.75) is 64.0 Å². The predicted octanol–water partition coefficient (Wildman–Crippen LogP) is 2.60. The number of rotatable bonds is 4. The van der Waals surface area contributed by atoms with Crippen LogP contribution in [0.3, 0.4) is 0 Å². The lowest BCUT2D eigenvalue weighted by molar-refractivity contribution is 0.179. The van der Waals surface area contributed by atoms with Gasteiger partial charge in [-0.05, 0) is 32.0 Å². The maximum absolute atomic E-state index is 5.33. The van der Waals surface area contributed by atoms with Gasteiger partial charge in [-0.2, -0.15) is 0 Å². The molecule has 0 spiro atoms. The van der Waals surface area contributed by atoms with E-state index >= 15 is 0 Å². The van der Waals surface area contributed by atoms with Crippen LogP contribution in [0.4, 0.5) is 0 Å². The van der Waals surface area contributed by atoms with Crippen LogP contribution in [0.2, 0.25) is 0 Å². The van der Waals surface area contributed by atoms with E-state index in [1.807, 2.05) is 0 Å². The Morgan fingerprint density at radius 3 is 2.41 bits per heavy atom. The van der Waals surface area contributed by atoms with Crippen LogP contribution in [0.1, 0.15) is 51.9 Å². The van der Waals surface area contributed by atoms with Crippen LogP contribution in [-0.4, -0.2) is 30.9 Å². The van der Waals surface area contributed by atoms with Gasteiger partial charge in [0.25, 0.3) is 0 Å². The number of hydrogen-bond acceptors (Lipinski definition) is 2. The Labute approximate surface area is 111 Å². The van der Waals surface area contributed by atoms with Gasteiger partial charge in [0.2, 0.25) is 0 Å². The first-order chi connectivity index (χ1) is 8.22. The molecule has 1 aliphatic carbocycles. The molecule has 0 aromatic carbocycles. The van der Waals surface area contributed by atoms with Crippen molar-refractivity contribution in [3.8, 4) is 0 Å². The van der Waals surface area contributed by atoms with Crippen molar-refractivity contribution in [3.05, 3.63) is 0 Å². The van der Waals surface area contributed by atoms with Gasteiger partial charge in [-0.3, -0.25) is 0 Å². The molecule has 1 saturated carbocycles. The van der Waals surface area contributed by atoms with Crippen LogP contribution in [0.25, 0.3) is 0 Å². The van der Waals surface area contributed by atoms with Gasteiger partial charge >= 0.3 is 0 Å². The molecule has 0 aromatic heterocycles. The molecule has 0 heterocycles. The second kappa shape index (κ2) is 8.70. The normalized spacial score (nSPS) is 20.1. The molecule has 1 rings (SSSR count). The third kappa shape index (κ3) is 6.84. The van der Waals surface area contributed by atoms with Gasteiger partial charge in [0.15, 0.2) is 5.11 Å². The number of methoxy groups -OCH3 is 1. The summed E-state index contributed by atoms with van der Waals surface area (Å²) in [5.74, 6) is 0. The highest BCUT2D eigenvalue weighted by Gasteiger charge is 2.13. The monoisotopic (exact) mass is 258 g/mol. The molecule has 1 fully saturated rings. The van der Waals surface area contributed by atoms with E-state index in [4.69, 9.17) is 17.0 Å². The Kier molecular flexibility index (Phi) is 7.53. The average Bonchev–Trinajstić information content (AvgIpc) is 2.22. The molecule has 100 valence electrons. The summed E-state index contributed by atoms with van der Waals surface area (Å²) in [4.78, 5) is 0. The fourth-order valence-electron chi connectivity index (χ4n) is 2.34. The summed E-state index contributed by atoms with van der Waals surface area (Å²) in [5, 5.41) is 7.48. The summed E-state index contributed by atoms with van der Waals surface area (Å²) in [6.45, 7) is 2.77. The first kappa shape index (κ1) is 14.7. The minimum Gasteiger partial charge on any atom is -0.383 e. The predicted molar refractivity (Wildman–Crippen MR) is 76.3 cm³/mol. The quantitative estimate of drug-likeness (QED) is 0.760. The lowest BCUT2D eigenvalue weighted by atomic mass is 9.97. The van der Waals surface area contributed by atoms with E-state index in [1.165, 1.54) is 44.9 Å². The van der Waals surface area contributed by atoms with Gasteiger partial charge in [-0.25, -0.2) is 0 Å². The Bertz CT molecular complexity index is 215. The Balaban J connectivity index is 2.23. The zero-order chi connectivity index (χ0) is 12.5. The van der Waals surface area contributed by atoms with E-state index in [9.17, 15) is 0 Å². The summed E-state index contributed by atoms with van der Waals surface area (Å²) < 4.78 is 5.08. The molecule has 17 heavy (non-hydrogen) atoms. The Hall–Kier alpha value is -0.350. The van der Waals surface area contributed by atoms with E-state index in [0.29, 0.717) is 12.6 Å². The number of hydrogen-bond donors (Lipinski definition) is 2. The zero-order valence-electron chi connectivity index (χ0n) is 11.1. The Morgan fingerprint density at radius 2 is 1.82 bits per heavy atom. The van der Waals surface area contributed by atoms with Crippen molar-refractivity contribution >= 4 is 17.3 Å². The summed E-state index contributed by atoms with van der Waals surface area (Å²) in [6.07, 6.45) is 9.31. The largest absolute Gasteiger partial charge is 0.383 e. The van der Waals surface area contributed by atoms with E-state index in [-0.39, 0.29) is 6.04 Å². The lowest BCUT2D eigenvalue weighted by Gasteiger charge is -2.24. The molecule has 4 heteroatoms. The van der Waals surface area contributed by atoms with Crippen LogP contribution < -0.4 is 10.6 Å². The summed E-state index contributed by atoms with van der Waals surface area (Å²) in [5.41, 5.74) is 0. The van der Waals surface area contributed by atoms with Crippen LogP contribution >= 0.6 is 12.2 Å². The maximum atomic E-state index is 5.33. The van der Waals surface area contributed by atoms with Gasteiger partial charge in [-0.15, -0.1) is 0 Å². The van der Waals surface area contributed by atoms with Gasteiger partial charge in [-0.1, -0.05) is 32.1 Å². The molecular weight excluding hydrogens is 232 g/mol. The summed E-state index contributed by atoms with van der Waals surface area (Å²) in [6, 6.07) is 0.832. The molecule has 1 unspecified atom stereocenters. The minimum absolute atomic E-state index is 0.272. The van der Waals surface area contributed by atoms with Gasteiger partial charge < -0.3 is 15.4 Å². The molecule has 0 saturated heterocycles. The molecule has 2 N–H and O–H groups in total. The molecule has 0 bridgehead atoms. The smallest absolute Gasteiger partial charge is 0.166 e. The molecule has 0 amide bonds. The topological polar surface area (TPSA) is 33.3 Å². The van der Waals surface area contributed by atoms with Crippen molar-refractivity contribution in [2.75, 3.05) is 13.7 Å². The highest BCUT2D eigenvalue weighted by atomic mass is 32.1. The molecule has 0 radical (unpaired) electrons. The van der Waals surface area contributed by atoms with Crippen LogP contribution in [0, 0.1) is 0 Å². The number of ether oxygens (including phenoxy) is 1. The van der Waals surface area contributed by atoms with Crippen LogP contribution in [-0.2, 0) is 4.74 Å². The first-order valence-electron chi connectivity index (χ1n) is 6.78. The van der Waals surface area contributed by atoms with Crippen molar-refractivity contribution in [2.24, 2.45) is 0 Å². The van der Waals surface area contributed by atoms with Crippen LogP contribution in [0.15, 0.2) is 0 Å². The molecule has 0 aromatic rings. The van der Waals surface area contributed by atoms with E-state index in [1.54, 1.807) is 7.11 Å². The van der Waals surface area contributed by atoms with Crippen molar-refractivity contribution < 1.29 is 4.74 Å². The van der Waals surface area contributed by atoms with E-state index in [2.05, 4.69) is 17.6 Å². The van der Waals surface area contributed by atoms with E-state index in [0.717, 1.165) is 5.11 Å². The zero-order valence-corrected chi connectivity index (χ0v) is 11.9. The van der Waals surface area contributed by atoms with Crippen molar-refractivity contribution in [1.29, 1.82) is 0 Å². The second-order valence-corrected chi connectivity index (χ2v) is 5.42. The first-order valence-corrected chi connectivity index (χ1v) is 7.19. The van der Waals surface area contributed by atoms with E-state index < -0.39 is 0 Å². The SMILES string of the molecule is COCC(C)NC(=S)NC1CCCCCCC1. The third-order valence-corrected chi connectivity index (χ3v) is 3.47. The van der Waals surface area contributed by atoms with Gasteiger partial charge in [0.1, 0.15) is 0 Å². The second-order valence-electron chi connectivity index (χ2n) is 5.02. The summed E-state index contributed by atoms with van der Waals surface area (Å²) in [7, 11) is 1.71. The molecule has 3 nitrogen and oxygen atoms in total. The number of nitrogens with one attached hydrogen (secondary N) is 2. The lowest BCUT2D eigenvalue weighted by Crippen LogP contribution is -2.46. The van der Waals surface area contributed by atoms with Crippen LogP contribution in [0.5, 0.6) is 0 Å². The fraction of sp³-hybridized carbons (Fsp3) is 0.923. The van der Waals surface area contributed by atoms with Gasteiger partial charge in [0, 0.05) is 19.2 Å². The van der Waals surface area contributed by atoms with Crippen molar-refractivity contribution in [3.63, 3.8) is 0 Å². The molecule has 1 atom stereocenters. The standard InChI is InChI=1S/C13H26N2OS/c1-11(10-16-2)14-13(17)15-12-8-6-4-3-5-7-9-12/h11-12H,3-10H2,1-2H3,(H2,14,15,17). The third-order valence-electron chi connectivity index (χ3n) is 3.23. The molecular formula is C13H26N2OS. The van der Waals surface area contributed by atoms with Gasteiger partial charge in [0.05, 0.1) is 6.61 Å². The number of thiocarbonyl (C=S) groups is 1. The van der Waals surface area contributed by atoms with Crippen molar-refractivity contribution in [1.82, 2.24) is 10.6 Å². The highest BCUT2D eigenvalue weighted by molar-refractivity contribution is 7.80.